The second kappa shape index (κ2) is 5.91. The Morgan fingerprint density at radius 2 is 1.90 bits per heavy atom. The van der Waals surface area contributed by atoms with Crippen LogP contribution in [0.25, 0.3) is 0 Å². The quantitative estimate of drug-likeness (QED) is 0.762. The van der Waals surface area contributed by atoms with Crippen molar-refractivity contribution in [2.45, 2.75) is 38.6 Å². The molecule has 1 atom stereocenters. The monoisotopic (exact) mass is 330 g/mol. The minimum Gasteiger partial charge on any atom is -0.281 e. The van der Waals surface area contributed by atoms with Crippen molar-refractivity contribution in [3.05, 3.63) is 0 Å². The van der Waals surface area contributed by atoms with E-state index in [4.69, 9.17) is 0 Å². The molecule has 0 aromatic rings. The standard InChI is InChI=1S/C11H17F3N2O4S/c1-3-10(2)5-4-8(17)16(9(10)18)7-6-15-21(19,20)11(12,13)14/h15H,3-7H2,1-2H3. The maximum atomic E-state index is 12.1. The van der Waals surface area contributed by atoms with Gasteiger partial charge in [-0.25, -0.2) is 13.1 Å². The zero-order valence-corrected chi connectivity index (χ0v) is 12.5. The van der Waals surface area contributed by atoms with E-state index in [1.54, 1.807) is 13.8 Å². The summed E-state index contributed by atoms with van der Waals surface area (Å²) in [5.74, 6) is -0.982. The van der Waals surface area contributed by atoms with Gasteiger partial charge in [0, 0.05) is 24.9 Å². The van der Waals surface area contributed by atoms with E-state index >= 15 is 0 Å². The molecule has 0 aromatic heterocycles. The number of imide groups is 1. The number of carbonyl (C=O) groups is 2. The fraction of sp³-hybridized carbons (Fsp3) is 0.818. The molecule has 1 N–H and O–H groups in total. The first-order chi connectivity index (χ1) is 9.44. The Morgan fingerprint density at radius 1 is 1.33 bits per heavy atom. The SMILES string of the molecule is CCC1(C)CCC(=O)N(CCNS(=O)(=O)C(F)(F)F)C1=O. The maximum Gasteiger partial charge on any atom is 0.511 e. The predicted octanol–water partition coefficient (Wildman–Crippen LogP) is 0.991. The van der Waals surface area contributed by atoms with Gasteiger partial charge in [0.2, 0.25) is 11.8 Å². The van der Waals surface area contributed by atoms with E-state index < -0.39 is 45.9 Å². The lowest BCUT2D eigenvalue weighted by molar-refractivity contribution is -0.156. The van der Waals surface area contributed by atoms with Gasteiger partial charge < -0.3 is 0 Å². The molecule has 0 bridgehead atoms. The number of carbonyl (C=O) groups excluding carboxylic acids is 2. The van der Waals surface area contributed by atoms with Gasteiger partial charge in [0.25, 0.3) is 0 Å². The number of likely N-dealkylation sites (tertiary alicyclic amines) is 1. The molecular formula is C11H17F3N2O4S. The molecule has 21 heavy (non-hydrogen) atoms. The van der Waals surface area contributed by atoms with Crippen molar-refractivity contribution in [2.75, 3.05) is 13.1 Å². The Morgan fingerprint density at radius 3 is 2.38 bits per heavy atom. The minimum absolute atomic E-state index is 0.113. The highest BCUT2D eigenvalue weighted by Crippen LogP contribution is 2.34. The van der Waals surface area contributed by atoms with Crippen molar-refractivity contribution in [3.63, 3.8) is 0 Å². The first-order valence-corrected chi connectivity index (χ1v) is 7.83. The summed E-state index contributed by atoms with van der Waals surface area (Å²) < 4.78 is 59.4. The summed E-state index contributed by atoms with van der Waals surface area (Å²) in [6.07, 6.45) is 0.984. The topological polar surface area (TPSA) is 83.6 Å². The molecule has 0 saturated carbocycles. The van der Waals surface area contributed by atoms with Crippen LogP contribution in [0.5, 0.6) is 0 Å². The van der Waals surface area contributed by atoms with Gasteiger partial charge >= 0.3 is 15.5 Å². The number of sulfonamides is 1. The van der Waals surface area contributed by atoms with Gasteiger partial charge in [0.1, 0.15) is 0 Å². The fourth-order valence-corrected chi connectivity index (χ4v) is 2.52. The molecule has 0 spiro atoms. The van der Waals surface area contributed by atoms with E-state index in [9.17, 15) is 31.2 Å². The summed E-state index contributed by atoms with van der Waals surface area (Å²) >= 11 is 0. The van der Waals surface area contributed by atoms with Crippen LogP contribution in [0.2, 0.25) is 0 Å². The Hall–Kier alpha value is -1.16. The summed E-state index contributed by atoms with van der Waals surface area (Å²) in [6.45, 7) is 2.37. The number of piperidine rings is 1. The van der Waals surface area contributed by atoms with Crippen LogP contribution in [0.4, 0.5) is 13.2 Å². The Bertz CT molecular complexity index is 532. The highest BCUT2D eigenvalue weighted by molar-refractivity contribution is 7.90. The molecule has 0 aliphatic carbocycles. The van der Waals surface area contributed by atoms with Crippen molar-refractivity contribution in [1.29, 1.82) is 0 Å². The van der Waals surface area contributed by atoms with E-state index in [-0.39, 0.29) is 6.42 Å². The maximum absolute atomic E-state index is 12.1. The second-order valence-corrected chi connectivity index (χ2v) is 6.87. The number of amides is 2. The third-order valence-electron chi connectivity index (χ3n) is 3.67. The normalized spacial score (nSPS) is 24.5. The molecule has 122 valence electrons. The van der Waals surface area contributed by atoms with Crippen LogP contribution in [-0.2, 0) is 19.6 Å². The molecule has 1 saturated heterocycles. The lowest BCUT2D eigenvalue weighted by atomic mass is 9.78. The Kier molecular flexibility index (Phi) is 5.04. The molecule has 1 rings (SSSR count). The first kappa shape index (κ1) is 17.9. The molecule has 0 radical (unpaired) electrons. The van der Waals surface area contributed by atoms with Crippen LogP contribution in [0.1, 0.15) is 33.1 Å². The van der Waals surface area contributed by atoms with Gasteiger partial charge in [0.15, 0.2) is 0 Å². The second-order valence-electron chi connectivity index (χ2n) is 5.11. The number of rotatable bonds is 5. The lowest BCUT2D eigenvalue weighted by Gasteiger charge is -2.37. The van der Waals surface area contributed by atoms with Crippen LogP contribution in [0, 0.1) is 5.41 Å². The lowest BCUT2D eigenvalue weighted by Crippen LogP contribution is -2.52. The van der Waals surface area contributed by atoms with Crippen molar-refractivity contribution >= 4 is 21.8 Å². The number of nitrogens with one attached hydrogen (secondary N) is 1. The van der Waals surface area contributed by atoms with Crippen LogP contribution in [0.3, 0.4) is 0 Å². The van der Waals surface area contributed by atoms with E-state index in [1.807, 2.05) is 0 Å². The third kappa shape index (κ3) is 3.73. The van der Waals surface area contributed by atoms with E-state index in [2.05, 4.69) is 0 Å². The smallest absolute Gasteiger partial charge is 0.281 e. The highest BCUT2D eigenvalue weighted by Gasteiger charge is 2.46. The van der Waals surface area contributed by atoms with Crippen LogP contribution >= 0.6 is 0 Å². The molecule has 6 nitrogen and oxygen atoms in total. The average Bonchev–Trinajstić information content (AvgIpc) is 2.37. The summed E-state index contributed by atoms with van der Waals surface area (Å²) in [5, 5.41) is 0. The number of nitrogens with zero attached hydrogens (tertiary/aromatic N) is 1. The predicted molar refractivity (Wildman–Crippen MR) is 67.3 cm³/mol. The molecule has 2 amide bonds. The number of hydrogen-bond donors (Lipinski definition) is 1. The Labute approximate surface area is 120 Å². The summed E-state index contributed by atoms with van der Waals surface area (Å²) in [5.41, 5.74) is -6.16. The van der Waals surface area contributed by atoms with E-state index in [1.165, 1.54) is 4.72 Å². The highest BCUT2D eigenvalue weighted by atomic mass is 32.2. The number of hydrogen-bond acceptors (Lipinski definition) is 4. The molecule has 1 heterocycles. The molecule has 1 aliphatic heterocycles. The van der Waals surface area contributed by atoms with Gasteiger partial charge in [-0.1, -0.05) is 13.8 Å². The van der Waals surface area contributed by atoms with Crippen molar-refractivity contribution < 1.29 is 31.2 Å². The van der Waals surface area contributed by atoms with Gasteiger partial charge in [-0.05, 0) is 12.8 Å². The Balaban J connectivity index is 2.70. The largest absolute Gasteiger partial charge is 0.511 e. The summed E-state index contributed by atoms with van der Waals surface area (Å²) in [4.78, 5) is 24.6. The van der Waals surface area contributed by atoms with E-state index in [0.717, 1.165) is 4.90 Å². The molecule has 0 aromatic carbocycles. The fourth-order valence-electron chi connectivity index (χ4n) is 1.99. The van der Waals surface area contributed by atoms with Crippen LogP contribution in [0.15, 0.2) is 0 Å². The van der Waals surface area contributed by atoms with E-state index in [0.29, 0.717) is 12.8 Å². The van der Waals surface area contributed by atoms with Gasteiger partial charge in [0.05, 0.1) is 0 Å². The number of halogens is 3. The summed E-state index contributed by atoms with van der Waals surface area (Å²) in [7, 11) is -5.47. The first-order valence-electron chi connectivity index (χ1n) is 6.35. The van der Waals surface area contributed by atoms with Crippen molar-refractivity contribution in [3.8, 4) is 0 Å². The van der Waals surface area contributed by atoms with Crippen LogP contribution < -0.4 is 4.72 Å². The third-order valence-corrected chi connectivity index (χ3v) is 4.86. The molecule has 1 aliphatic rings. The molecular weight excluding hydrogens is 313 g/mol. The van der Waals surface area contributed by atoms with Crippen LogP contribution in [-0.4, -0.2) is 43.7 Å². The number of alkyl halides is 3. The average molecular weight is 330 g/mol. The van der Waals surface area contributed by atoms with Gasteiger partial charge in [-0.2, -0.15) is 13.2 Å². The zero-order valence-electron chi connectivity index (χ0n) is 11.7. The zero-order chi connectivity index (χ0) is 16.5. The van der Waals surface area contributed by atoms with Gasteiger partial charge in [-0.15, -0.1) is 0 Å². The van der Waals surface area contributed by atoms with Crippen molar-refractivity contribution in [2.24, 2.45) is 5.41 Å². The molecule has 10 heteroatoms. The molecule has 1 fully saturated rings. The minimum atomic E-state index is -5.47. The molecule has 1 unspecified atom stereocenters. The van der Waals surface area contributed by atoms with Crippen molar-refractivity contribution in [1.82, 2.24) is 9.62 Å². The van der Waals surface area contributed by atoms with Gasteiger partial charge in [-0.3, -0.25) is 14.5 Å². The summed E-state index contributed by atoms with van der Waals surface area (Å²) in [6, 6.07) is 0.